The number of aryl methyl sites for hydroxylation is 1. The van der Waals surface area contributed by atoms with Crippen molar-refractivity contribution in [1.29, 1.82) is 0 Å². The van der Waals surface area contributed by atoms with Crippen molar-refractivity contribution in [2.45, 2.75) is 72.9 Å². The van der Waals surface area contributed by atoms with Gasteiger partial charge in [0.25, 0.3) is 0 Å². The van der Waals surface area contributed by atoms with Crippen molar-refractivity contribution in [3.8, 4) is 0 Å². The van der Waals surface area contributed by atoms with Gasteiger partial charge >= 0.3 is 0 Å². The van der Waals surface area contributed by atoms with E-state index in [1.54, 1.807) is 0 Å². The lowest BCUT2D eigenvalue weighted by Crippen LogP contribution is -2.35. The molecule has 22 heavy (non-hydrogen) atoms. The Morgan fingerprint density at radius 3 is 2.36 bits per heavy atom. The van der Waals surface area contributed by atoms with Gasteiger partial charge in [0.2, 0.25) is 5.91 Å². The van der Waals surface area contributed by atoms with Crippen LogP contribution in [0, 0.1) is 5.92 Å². The van der Waals surface area contributed by atoms with Gasteiger partial charge in [-0.15, -0.1) is 0 Å². The molecule has 1 rings (SSSR count). The highest BCUT2D eigenvalue weighted by Gasteiger charge is 2.18. The second kappa shape index (κ2) is 10.4. The predicted octanol–water partition coefficient (Wildman–Crippen LogP) is 3.95. The van der Waals surface area contributed by atoms with Crippen LogP contribution in [0.15, 0.2) is 24.5 Å². The molecule has 0 aliphatic carbocycles. The van der Waals surface area contributed by atoms with Crippen molar-refractivity contribution in [2.75, 3.05) is 6.54 Å². The zero-order valence-electron chi connectivity index (χ0n) is 14.8. The second-order valence-electron chi connectivity index (χ2n) is 6.17. The number of pyridine rings is 1. The number of carbonyl (C=O) groups is 1. The molecule has 0 radical (unpaired) electrons. The summed E-state index contributed by atoms with van der Waals surface area (Å²) in [6, 6.07) is 4.29. The van der Waals surface area contributed by atoms with E-state index in [1.807, 2.05) is 11.8 Å². The molecular formula is C19H33N2O+. The number of nitrogens with zero attached hydrogens (tertiary/aromatic N) is 2. The molecule has 3 nitrogen and oxygen atoms in total. The lowest BCUT2D eigenvalue weighted by Gasteiger charge is -2.23. The first-order chi connectivity index (χ1) is 10.6. The largest absolute Gasteiger partial charge is 0.338 e. The molecule has 0 saturated heterocycles. The molecule has 1 aromatic rings. The molecule has 0 aliphatic rings. The van der Waals surface area contributed by atoms with E-state index in [2.05, 4.69) is 49.9 Å². The molecule has 1 heterocycles. The van der Waals surface area contributed by atoms with Crippen LogP contribution in [0.1, 0.15) is 65.4 Å². The highest BCUT2D eigenvalue weighted by Crippen LogP contribution is 2.10. The molecule has 0 aromatic carbocycles. The maximum absolute atomic E-state index is 12.3. The van der Waals surface area contributed by atoms with Crippen molar-refractivity contribution < 1.29 is 9.36 Å². The number of carbonyl (C=O) groups excluding carboxylic acids is 1. The van der Waals surface area contributed by atoms with Gasteiger partial charge in [-0.1, -0.05) is 33.6 Å². The minimum Gasteiger partial charge on any atom is -0.338 e. The van der Waals surface area contributed by atoms with Gasteiger partial charge in [-0.25, -0.2) is 4.57 Å². The van der Waals surface area contributed by atoms with Crippen LogP contribution < -0.4 is 4.57 Å². The van der Waals surface area contributed by atoms with Gasteiger partial charge in [0, 0.05) is 37.6 Å². The van der Waals surface area contributed by atoms with Crippen molar-refractivity contribution >= 4 is 5.91 Å². The van der Waals surface area contributed by atoms with E-state index in [0.717, 1.165) is 26.1 Å². The summed E-state index contributed by atoms with van der Waals surface area (Å²) in [7, 11) is 0. The smallest absolute Gasteiger partial charge is 0.225 e. The minimum absolute atomic E-state index is 0.118. The van der Waals surface area contributed by atoms with Crippen LogP contribution in [0.2, 0.25) is 0 Å². The van der Waals surface area contributed by atoms with E-state index < -0.39 is 0 Å². The molecule has 0 bridgehead atoms. The fourth-order valence-corrected chi connectivity index (χ4v) is 2.52. The van der Waals surface area contributed by atoms with Crippen LogP contribution in [0.3, 0.4) is 0 Å². The van der Waals surface area contributed by atoms with Gasteiger partial charge < -0.3 is 4.90 Å². The van der Waals surface area contributed by atoms with Gasteiger partial charge in [0.1, 0.15) is 6.54 Å². The van der Waals surface area contributed by atoms with Crippen LogP contribution in [0.5, 0.6) is 0 Å². The van der Waals surface area contributed by atoms with Crippen LogP contribution in [0.25, 0.3) is 0 Å². The van der Waals surface area contributed by atoms with Gasteiger partial charge in [0.05, 0.1) is 0 Å². The molecule has 3 heteroatoms. The standard InChI is InChI=1S/C19H33N2O/c1-5-8-9-10-13-20-14-11-18(12-15-20)16-21(7-3)19(22)17(4)6-2/h11-12,14-15,17H,5-10,13,16H2,1-4H3/q+1. The highest BCUT2D eigenvalue weighted by atomic mass is 16.2. The summed E-state index contributed by atoms with van der Waals surface area (Å²) >= 11 is 0. The number of aromatic nitrogens is 1. The summed E-state index contributed by atoms with van der Waals surface area (Å²) in [6.07, 6.45) is 10.3. The summed E-state index contributed by atoms with van der Waals surface area (Å²) in [5.74, 6) is 0.383. The summed E-state index contributed by atoms with van der Waals surface area (Å²) in [6.45, 7) is 11.0. The first-order valence-electron chi connectivity index (χ1n) is 8.89. The first-order valence-corrected chi connectivity index (χ1v) is 8.89. The zero-order chi connectivity index (χ0) is 16.4. The Bertz CT molecular complexity index is 428. The van der Waals surface area contributed by atoms with E-state index in [1.165, 1.54) is 31.2 Å². The molecule has 0 fully saturated rings. The zero-order valence-corrected chi connectivity index (χ0v) is 14.8. The molecule has 1 unspecified atom stereocenters. The van der Waals surface area contributed by atoms with Crippen molar-refractivity contribution in [3.05, 3.63) is 30.1 Å². The molecule has 0 spiro atoms. The minimum atomic E-state index is 0.118. The van der Waals surface area contributed by atoms with Gasteiger partial charge in [-0.2, -0.15) is 0 Å². The molecule has 0 aliphatic heterocycles. The van der Waals surface area contributed by atoms with Crippen molar-refractivity contribution in [1.82, 2.24) is 4.90 Å². The third-order valence-corrected chi connectivity index (χ3v) is 4.33. The van der Waals surface area contributed by atoms with Gasteiger partial charge in [0.15, 0.2) is 12.4 Å². The summed E-state index contributed by atoms with van der Waals surface area (Å²) in [4.78, 5) is 14.3. The van der Waals surface area contributed by atoms with Gasteiger partial charge in [-0.3, -0.25) is 4.79 Å². The van der Waals surface area contributed by atoms with Crippen LogP contribution >= 0.6 is 0 Å². The average Bonchev–Trinajstić information content (AvgIpc) is 2.56. The topological polar surface area (TPSA) is 24.2 Å². The Kier molecular flexibility index (Phi) is 8.79. The Morgan fingerprint density at radius 2 is 1.82 bits per heavy atom. The predicted molar refractivity (Wildman–Crippen MR) is 91.3 cm³/mol. The van der Waals surface area contributed by atoms with E-state index >= 15 is 0 Å². The van der Waals surface area contributed by atoms with Gasteiger partial charge in [-0.05, 0) is 25.3 Å². The van der Waals surface area contributed by atoms with Crippen LogP contribution in [0.4, 0.5) is 0 Å². The van der Waals surface area contributed by atoms with E-state index in [-0.39, 0.29) is 11.8 Å². The normalized spacial score (nSPS) is 12.2. The fraction of sp³-hybridized carbons (Fsp3) is 0.684. The number of hydrogen-bond donors (Lipinski definition) is 0. The van der Waals surface area contributed by atoms with Crippen LogP contribution in [-0.4, -0.2) is 17.4 Å². The fourth-order valence-electron chi connectivity index (χ4n) is 2.52. The summed E-state index contributed by atoms with van der Waals surface area (Å²) < 4.78 is 2.24. The summed E-state index contributed by atoms with van der Waals surface area (Å²) in [5, 5.41) is 0. The first kappa shape index (κ1) is 18.7. The molecule has 1 atom stereocenters. The molecular weight excluding hydrogens is 272 g/mol. The second-order valence-corrected chi connectivity index (χ2v) is 6.17. The van der Waals surface area contributed by atoms with Crippen molar-refractivity contribution in [2.24, 2.45) is 5.92 Å². The van der Waals surface area contributed by atoms with E-state index in [4.69, 9.17) is 0 Å². The average molecular weight is 305 g/mol. The Morgan fingerprint density at radius 1 is 1.14 bits per heavy atom. The Balaban J connectivity index is 2.53. The summed E-state index contributed by atoms with van der Waals surface area (Å²) in [5.41, 5.74) is 1.21. The SMILES string of the molecule is CCCCCC[n+]1ccc(CN(CC)C(=O)C(C)CC)cc1. The molecule has 0 N–H and O–H groups in total. The quantitative estimate of drug-likeness (QED) is 0.474. The Labute approximate surface area is 136 Å². The third kappa shape index (κ3) is 6.17. The number of hydrogen-bond acceptors (Lipinski definition) is 1. The number of amides is 1. The van der Waals surface area contributed by atoms with Crippen LogP contribution in [-0.2, 0) is 17.9 Å². The monoisotopic (exact) mass is 305 g/mol. The third-order valence-electron chi connectivity index (χ3n) is 4.33. The number of unbranched alkanes of at least 4 members (excludes halogenated alkanes) is 3. The molecule has 1 amide bonds. The molecule has 1 aromatic heterocycles. The lowest BCUT2D eigenvalue weighted by molar-refractivity contribution is -0.697. The Hall–Kier alpha value is -1.38. The maximum atomic E-state index is 12.3. The van der Waals surface area contributed by atoms with E-state index in [9.17, 15) is 4.79 Å². The molecule has 124 valence electrons. The maximum Gasteiger partial charge on any atom is 0.225 e. The number of rotatable bonds is 10. The highest BCUT2D eigenvalue weighted by molar-refractivity contribution is 5.78. The lowest BCUT2D eigenvalue weighted by atomic mass is 10.1. The van der Waals surface area contributed by atoms with E-state index in [0.29, 0.717) is 0 Å². The van der Waals surface area contributed by atoms with Crippen molar-refractivity contribution in [3.63, 3.8) is 0 Å². The molecule has 0 saturated carbocycles.